The van der Waals surface area contributed by atoms with Gasteiger partial charge in [-0.05, 0) is 22.0 Å². The second-order valence-corrected chi connectivity index (χ2v) is 3.73. The van der Waals surface area contributed by atoms with Gasteiger partial charge in [-0.15, -0.1) is 0 Å². The molecule has 0 N–H and O–H groups in total. The molecule has 0 atom stereocenters. The predicted molar refractivity (Wildman–Crippen MR) is 58.8 cm³/mol. The summed E-state index contributed by atoms with van der Waals surface area (Å²) in [4.78, 5) is 21.1. The normalized spacial score (nSPS) is 10.3. The van der Waals surface area contributed by atoms with E-state index >= 15 is 0 Å². The van der Waals surface area contributed by atoms with Crippen LogP contribution in [0.5, 0.6) is 5.75 Å². The second kappa shape index (κ2) is 5.71. The average Bonchev–Trinajstić information content (AvgIpc) is 2.29. The fraction of sp³-hybridized carbons (Fsp3) is 0.222. The maximum Gasteiger partial charge on any atom is 0.387 e. The van der Waals surface area contributed by atoms with Crippen molar-refractivity contribution in [2.24, 2.45) is 0 Å². The monoisotopic (exact) mass is 325 g/mol. The van der Waals surface area contributed by atoms with Gasteiger partial charge in [0.15, 0.2) is 0 Å². The lowest BCUT2D eigenvalue weighted by Gasteiger charge is -2.08. The lowest BCUT2D eigenvalue weighted by Crippen LogP contribution is -2.07. The van der Waals surface area contributed by atoms with Crippen LogP contribution < -0.4 is 4.74 Å². The summed E-state index contributed by atoms with van der Waals surface area (Å²) in [5.41, 5.74) is -0.836. The fourth-order valence-corrected chi connectivity index (χ4v) is 1.60. The number of halogens is 3. The summed E-state index contributed by atoms with van der Waals surface area (Å²) in [6, 6.07) is 1.82. The number of methoxy groups -OCH3 is 1. The molecule has 0 aliphatic heterocycles. The van der Waals surface area contributed by atoms with Gasteiger partial charge >= 0.3 is 12.6 Å². The first-order valence-corrected chi connectivity index (χ1v) is 5.17. The third kappa shape index (κ3) is 3.13. The van der Waals surface area contributed by atoms with Crippen molar-refractivity contribution in [1.82, 2.24) is 0 Å². The zero-order chi connectivity index (χ0) is 13.9. The number of hydrogen-bond donors (Lipinski definition) is 0. The first kappa shape index (κ1) is 14.3. The quantitative estimate of drug-likeness (QED) is 0.483. The molecule has 9 heteroatoms. The second-order valence-electron chi connectivity index (χ2n) is 2.93. The fourth-order valence-electron chi connectivity index (χ4n) is 1.13. The van der Waals surface area contributed by atoms with E-state index in [2.05, 4.69) is 25.4 Å². The van der Waals surface area contributed by atoms with Gasteiger partial charge in [0.2, 0.25) is 0 Å². The molecule has 0 heterocycles. The Hall–Kier alpha value is -1.77. The Morgan fingerprint density at radius 2 is 2.11 bits per heavy atom. The van der Waals surface area contributed by atoms with Gasteiger partial charge in [-0.2, -0.15) is 8.78 Å². The molecule has 0 unspecified atom stereocenters. The topological polar surface area (TPSA) is 78.7 Å². The Balaban J connectivity index is 3.36. The number of esters is 1. The number of nitro benzene ring substituents is 1. The van der Waals surface area contributed by atoms with Crippen molar-refractivity contribution in [2.75, 3.05) is 7.11 Å². The Morgan fingerprint density at radius 3 is 2.56 bits per heavy atom. The van der Waals surface area contributed by atoms with Gasteiger partial charge in [0.25, 0.3) is 5.69 Å². The minimum Gasteiger partial charge on any atom is -0.465 e. The van der Waals surface area contributed by atoms with E-state index in [4.69, 9.17) is 0 Å². The molecule has 1 rings (SSSR count). The van der Waals surface area contributed by atoms with Crippen LogP contribution in [0.2, 0.25) is 0 Å². The van der Waals surface area contributed by atoms with Crippen LogP contribution in [0.15, 0.2) is 16.6 Å². The molecule has 98 valence electrons. The smallest absolute Gasteiger partial charge is 0.387 e. The van der Waals surface area contributed by atoms with E-state index in [1.165, 1.54) is 0 Å². The summed E-state index contributed by atoms with van der Waals surface area (Å²) in [5.74, 6) is -1.41. The number of carbonyl (C=O) groups is 1. The highest BCUT2D eigenvalue weighted by molar-refractivity contribution is 9.10. The van der Waals surface area contributed by atoms with Crippen LogP contribution in [0, 0.1) is 10.1 Å². The van der Waals surface area contributed by atoms with Crippen LogP contribution in [0.3, 0.4) is 0 Å². The van der Waals surface area contributed by atoms with Crippen molar-refractivity contribution in [2.45, 2.75) is 6.61 Å². The van der Waals surface area contributed by atoms with E-state index in [-0.39, 0.29) is 10.0 Å². The molecule has 0 amide bonds. The molecule has 0 bridgehead atoms. The Labute approximate surface area is 108 Å². The number of hydrogen-bond acceptors (Lipinski definition) is 5. The van der Waals surface area contributed by atoms with Crippen molar-refractivity contribution in [3.8, 4) is 5.75 Å². The molecule has 0 spiro atoms. The third-order valence-corrected chi connectivity index (χ3v) is 2.65. The molecule has 0 aromatic heterocycles. The van der Waals surface area contributed by atoms with Crippen molar-refractivity contribution in [3.05, 3.63) is 32.3 Å². The number of benzene rings is 1. The van der Waals surface area contributed by atoms with Crippen molar-refractivity contribution in [1.29, 1.82) is 0 Å². The minimum absolute atomic E-state index is 0.261. The molecule has 6 nitrogen and oxygen atoms in total. The summed E-state index contributed by atoms with van der Waals surface area (Å²) >= 11 is 2.76. The molecule has 18 heavy (non-hydrogen) atoms. The molecule has 0 fully saturated rings. The number of nitrogens with zero attached hydrogens (tertiary/aromatic N) is 1. The van der Waals surface area contributed by atoms with Gasteiger partial charge in [-0.1, -0.05) is 0 Å². The van der Waals surface area contributed by atoms with Crippen LogP contribution in [0.25, 0.3) is 0 Å². The van der Waals surface area contributed by atoms with Gasteiger partial charge in [0.05, 0.1) is 17.6 Å². The molecule has 1 aromatic carbocycles. The summed E-state index contributed by atoms with van der Waals surface area (Å²) in [7, 11) is 1.06. The van der Waals surface area contributed by atoms with E-state index in [1.807, 2.05) is 0 Å². The van der Waals surface area contributed by atoms with Crippen LogP contribution in [-0.4, -0.2) is 24.6 Å². The van der Waals surface area contributed by atoms with Crippen LogP contribution in [-0.2, 0) is 4.74 Å². The van der Waals surface area contributed by atoms with Crippen molar-refractivity contribution >= 4 is 27.6 Å². The first-order chi connectivity index (χ1) is 8.36. The predicted octanol–water partition coefficient (Wildman–Crippen LogP) is 2.75. The van der Waals surface area contributed by atoms with Gasteiger partial charge in [-0.25, -0.2) is 4.79 Å². The summed E-state index contributed by atoms with van der Waals surface area (Å²) < 4.78 is 32.4. The number of carbonyl (C=O) groups excluding carboxylic acids is 1. The van der Waals surface area contributed by atoms with Crippen molar-refractivity contribution in [3.63, 3.8) is 0 Å². The van der Waals surface area contributed by atoms with Gasteiger partial charge in [0.1, 0.15) is 10.2 Å². The molecular weight excluding hydrogens is 320 g/mol. The van der Waals surface area contributed by atoms with E-state index in [0.29, 0.717) is 0 Å². The maximum atomic E-state index is 12.1. The van der Waals surface area contributed by atoms with E-state index in [0.717, 1.165) is 19.2 Å². The standard InChI is InChI=1S/C9H6BrF2NO5/c1-17-8(14)4-2-5(13(15)16)7(10)6(3-4)18-9(11)12/h2-3,9H,1H3. The summed E-state index contributed by atoms with van der Waals surface area (Å²) in [5, 5.41) is 10.7. The van der Waals surface area contributed by atoms with E-state index in [1.54, 1.807) is 0 Å². The number of ether oxygens (including phenoxy) is 2. The molecule has 0 aliphatic carbocycles. The molecule has 0 aliphatic rings. The molecule has 0 saturated heterocycles. The number of nitro groups is 1. The highest BCUT2D eigenvalue weighted by atomic mass is 79.9. The molecule has 0 saturated carbocycles. The first-order valence-electron chi connectivity index (χ1n) is 4.38. The van der Waals surface area contributed by atoms with Crippen molar-refractivity contribution < 1.29 is 28.0 Å². The lowest BCUT2D eigenvalue weighted by molar-refractivity contribution is -0.385. The highest BCUT2D eigenvalue weighted by Gasteiger charge is 2.23. The zero-order valence-electron chi connectivity index (χ0n) is 8.85. The van der Waals surface area contributed by atoms with Gasteiger partial charge in [-0.3, -0.25) is 10.1 Å². The Bertz CT molecular complexity index is 494. The SMILES string of the molecule is COC(=O)c1cc(OC(F)F)c(Br)c([N+](=O)[O-])c1. The highest BCUT2D eigenvalue weighted by Crippen LogP contribution is 2.36. The number of rotatable bonds is 4. The molecule has 0 radical (unpaired) electrons. The largest absolute Gasteiger partial charge is 0.465 e. The van der Waals surface area contributed by atoms with Crippen LogP contribution >= 0.6 is 15.9 Å². The van der Waals surface area contributed by atoms with Crippen LogP contribution in [0.4, 0.5) is 14.5 Å². The molecule has 1 aromatic rings. The van der Waals surface area contributed by atoms with Gasteiger partial charge in [0, 0.05) is 6.07 Å². The van der Waals surface area contributed by atoms with Crippen LogP contribution in [0.1, 0.15) is 10.4 Å². The Kier molecular flexibility index (Phi) is 4.54. The maximum absolute atomic E-state index is 12.1. The minimum atomic E-state index is -3.17. The van der Waals surface area contributed by atoms with Gasteiger partial charge < -0.3 is 9.47 Å². The van der Waals surface area contributed by atoms with E-state index < -0.39 is 28.9 Å². The Morgan fingerprint density at radius 1 is 1.50 bits per heavy atom. The zero-order valence-corrected chi connectivity index (χ0v) is 10.4. The number of alkyl halides is 2. The average molecular weight is 326 g/mol. The lowest BCUT2D eigenvalue weighted by atomic mass is 10.2. The third-order valence-electron chi connectivity index (χ3n) is 1.85. The molecular formula is C9H6BrF2NO5. The summed E-state index contributed by atoms with van der Waals surface area (Å²) in [6.07, 6.45) is 0. The van der Waals surface area contributed by atoms with E-state index in [9.17, 15) is 23.7 Å². The summed E-state index contributed by atoms with van der Waals surface area (Å²) in [6.45, 7) is -3.17.